The number of hydrogen-bond donors (Lipinski definition) is 3. The van der Waals surface area contributed by atoms with Crippen LogP contribution in [0.25, 0.3) is 0 Å². The number of sulfonamides is 1. The fourth-order valence-corrected chi connectivity index (χ4v) is 3.61. The van der Waals surface area contributed by atoms with Crippen LogP contribution in [0, 0.1) is 0 Å². The number of hydrogen-bond acceptors (Lipinski definition) is 4. The van der Waals surface area contributed by atoms with E-state index in [9.17, 15) is 8.42 Å². The molecular weight excluding hydrogens is 388 g/mol. The van der Waals surface area contributed by atoms with E-state index in [0.29, 0.717) is 13.1 Å². The standard InChI is InChI=1S/C21H30N4O3S/c1-4-23-21(24-13-12-19-10-5-6-11-20(19)28-3)25-15-17-8-7-9-18(14-17)16-29(26,27)22-2/h5-11,14,22H,4,12-13,15-16H2,1-3H3,(H2,23,24,25). The van der Waals surface area contributed by atoms with Crippen molar-refractivity contribution < 1.29 is 13.2 Å². The summed E-state index contributed by atoms with van der Waals surface area (Å²) in [5.74, 6) is 1.55. The zero-order valence-corrected chi connectivity index (χ0v) is 18.1. The number of rotatable bonds is 10. The van der Waals surface area contributed by atoms with E-state index in [2.05, 4.69) is 26.4 Å². The molecule has 0 fully saturated rings. The van der Waals surface area contributed by atoms with Crippen molar-refractivity contribution in [2.45, 2.75) is 25.6 Å². The molecular formula is C21H30N4O3S. The van der Waals surface area contributed by atoms with Crippen LogP contribution in [0.4, 0.5) is 0 Å². The Bertz CT molecular complexity index is 914. The van der Waals surface area contributed by atoms with Crippen molar-refractivity contribution in [3.8, 4) is 5.75 Å². The summed E-state index contributed by atoms with van der Waals surface area (Å²) in [5, 5.41) is 6.56. The topological polar surface area (TPSA) is 91.8 Å². The van der Waals surface area contributed by atoms with Crippen molar-refractivity contribution >= 4 is 16.0 Å². The van der Waals surface area contributed by atoms with Crippen LogP contribution in [0.2, 0.25) is 0 Å². The van der Waals surface area contributed by atoms with Gasteiger partial charge < -0.3 is 15.4 Å². The molecule has 2 rings (SSSR count). The Kier molecular flexibility index (Phi) is 8.95. The average molecular weight is 419 g/mol. The SMILES string of the molecule is CCNC(=NCc1cccc(CS(=O)(=O)NC)c1)NCCc1ccccc1OC. The molecule has 0 aliphatic rings. The highest BCUT2D eigenvalue weighted by atomic mass is 32.2. The minimum atomic E-state index is -3.29. The molecule has 0 saturated heterocycles. The number of ether oxygens (including phenoxy) is 1. The summed E-state index contributed by atoms with van der Waals surface area (Å²) >= 11 is 0. The normalized spacial score (nSPS) is 11.9. The van der Waals surface area contributed by atoms with Gasteiger partial charge in [0.15, 0.2) is 5.96 Å². The van der Waals surface area contributed by atoms with Crippen molar-refractivity contribution in [1.82, 2.24) is 15.4 Å². The molecule has 158 valence electrons. The van der Waals surface area contributed by atoms with Crippen LogP contribution < -0.4 is 20.1 Å². The molecule has 0 amide bonds. The minimum absolute atomic E-state index is 0.0434. The monoisotopic (exact) mass is 418 g/mol. The predicted octanol–water partition coefficient (Wildman–Crippen LogP) is 2.04. The van der Waals surface area contributed by atoms with Gasteiger partial charge in [0.2, 0.25) is 10.0 Å². The lowest BCUT2D eigenvalue weighted by Gasteiger charge is -2.13. The van der Waals surface area contributed by atoms with Crippen LogP contribution in [0.3, 0.4) is 0 Å². The first kappa shape index (κ1) is 22.7. The van der Waals surface area contributed by atoms with Gasteiger partial charge in [-0.15, -0.1) is 0 Å². The Balaban J connectivity index is 1.98. The highest BCUT2D eigenvalue weighted by Gasteiger charge is 2.09. The lowest BCUT2D eigenvalue weighted by Crippen LogP contribution is -2.38. The van der Waals surface area contributed by atoms with Gasteiger partial charge >= 0.3 is 0 Å². The molecule has 0 aromatic heterocycles. The van der Waals surface area contributed by atoms with Crippen LogP contribution >= 0.6 is 0 Å². The van der Waals surface area contributed by atoms with Gasteiger partial charge in [0.1, 0.15) is 5.75 Å². The third kappa shape index (κ3) is 7.75. The maximum atomic E-state index is 11.7. The number of guanidine groups is 1. The quantitative estimate of drug-likeness (QED) is 0.406. The number of methoxy groups -OCH3 is 1. The van der Waals surface area contributed by atoms with E-state index in [-0.39, 0.29) is 5.75 Å². The molecule has 0 aliphatic carbocycles. The molecule has 0 unspecified atom stereocenters. The van der Waals surface area contributed by atoms with Gasteiger partial charge in [-0.05, 0) is 43.1 Å². The molecule has 7 nitrogen and oxygen atoms in total. The number of benzene rings is 2. The first-order valence-electron chi connectivity index (χ1n) is 9.60. The van der Waals surface area contributed by atoms with Crippen molar-refractivity contribution in [3.05, 3.63) is 65.2 Å². The summed E-state index contributed by atoms with van der Waals surface area (Å²) in [6.07, 6.45) is 0.811. The summed E-state index contributed by atoms with van der Waals surface area (Å²) in [4.78, 5) is 4.61. The largest absolute Gasteiger partial charge is 0.496 e. The number of para-hydroxylation sites is 1. The van der Waals surface area contributed by atoms with Crippen molar-refractivity contribution in [3.63, 3.8) is 0 Å². The Morgan fingerprint density at radius 1 is 1.07 bits per heavy atom. The van der Waals surface area contributed by atoms with E-state index in [4.69, 9.17) is 4.74 Å². The second-order valence-electron chi connectivity index (χ2n) is 6.47. The van der Waals surface area contributed by atoms with Crippen molar-refractivity contribution in [2.75, 3.05) is 27.2 Å². The molecule has 0 atom stereocenters. The molecule has 8 heteroatoms. The molecule has 0 heterocycles. The third-order valence-corrected chi connectivity index (χ3v) is 5.64. The first-order valence-corrected chi connectivity index (χ1v) is 11.3. The van der Waals surface area contributed by atoms with E-state index in [1.54, 1.807) is 13.2 Å². The summed E-state index contributed by atoms with van der Waals surface area (Å²) in [7, 11) is -0.200. The fraction of sp³-hybridized carbons (Fsp3) is 0.381. The summed E-state index contributed by atoms with van der Waals surface area (Å²) in [6, 6.07) is 15.4. The molecule has 0 bridgehead atoms. The zero-order valence-electron chi connectivity index (χ0n) is 17.2. The van der Waals surface area contributed by atoms with E-state index < -0.39 is 10.0 Å². The summed E-state index contributed by atoms with van der Waals surface area (Å²) < 4.78 is 31.2. The van der Waals surface area contributed by atoms with Crippen molar-refractivity contribution in [2.24, 2.45) is 4.99 Å². The zero-order chi connectivity index (χ0) is 21.1. The van der Waals surface area contributed by atoms with E-state index in [1.807, 2.05) is 43.3 Å². The van der Waals surface area contributed by atoms with E-state index in [0.717, 1.165) is 41.4 Å². The molecule has 2 aromatic rings. The highest BCUT2D eigenvalue weighted by molar-refractivity contribution is 7.88. The van der Waals surface area contributed by atoms with Crippen LogP contribution in [-0.4, -0.2) is 41.6 Å². The van der Waals surface area contributed by atoms with Gasteiger partial charge in [0, 0.05) is 13.1 Å². The van der Waals surface area contributed by atoms with Gasteiger partial charge in [0.25, 0.3) is 0 Å². The number of nitrogens with one attached hydrogen (secondary N) is 3. The molecule has 0 radical (unpaired) electrons. The van der Waals surface area contributed by atoms with Crippen LogP contribution in [0.5, 0.6) is 5.75 Å². The smallest absolute Gasteiger partial charge is 0.215 e. The van der Waals surface area contributed by atoms with Gasteiger partial charge in [-0.2, -0.15) is 0 Å². The average Bonchev–Trinajstić information content (AvgIpc) is 2.72. The molecule has 0 spiro atoms. The van der Waals surface area contributed by atoms with Gasteiger partial charge in [-0.1, -0.05) is 42.5 Å². The molecule has 3 N–H and O–H groups in total. The van der Waals surface area contributed by atoms with Crippen LogP contribution in [0.15, 0.2) is 53.5 Å². The summed E-state index contributed by atoms with van der Waals surface area (Å²) in [6.45, 7) is 3.94. The Hall–Kier alpha value is -2.58. The lowest BCUT2D eigenvalue weighted by atomic mass is 10.1. The van der Waals surface area contributed by atoms with E-state index in [1.165, 1.54) is 7.05 Å². The Morgan fingerprint density at radius 2 is 1.83 bits per heavy atom. The van der Waals surface area contributed by atoms with Crippen LogP contribution in [-0.2, 0) is 28.7 Å². The number of aliphatic imine (C=N–C) groups is 1. The summed E-state index contributed by atoms with van der Waals surface area (Å²) in [5.41, 5.74) is 2.83. The molecule has 2 aromatic carbocycles. The van der Waals surface area contributed by atoms with Gasteiger partial charge in [-0.25, -0.2) is 18.1 Å². The fourth-order valence-electron chi connectivity index (χ4n) is 2.85. The van der Waals surface area contributed by atoms with E-state index >= 15 is 0 Å². The maximum absolute atomic E-state index is 11.7. The highest BCUT2D eigenvalue weighted by Crippen LogP contribution is 2.17. The minimum Gasteiger partial charge on any atom is -0.496 e. The molecule has 0 aliphatic heterocycles. The second kappa shape index (κ2) is 11.4. The first-order chi connectivity index (χ1) is 14.0. The number of nitrogens with zero attached hydrogens (tertiary/aromatic N) is 1. The van der Waals surface area contributed by atoms with Crippen molar-refractivity contribution in [1.29, 1.82) is 0 Å². The van der Waals surface area contributed by atoms with Gasteiger partial charge in [-0.3, -0.25) is 0 Å². The molecule has 0 saturated carbocycles. The third-order valence-electron chi connectivity index (χ3n) is 4.30. The Labute approximate surface area is 173 Å². The second-order valence-corrected chi connectivity index (χ2v) is 8.39. The van der Waals surface area contributed by atoms with Crippen LogP contribution in [0.1, 0.15) is 23.6 Å². The molecule has 29 heavy (non-hydrogen) atoms. The van der Waals surface area contributed by atoms with Gasteiger partial charge in [0.05, 0.1) is 19.4 Å². The predicted molar refractivity (Wildman–Crippen MR) is 118 cm³/mol. The lowest BCUT2D eigenvalue weighted by molar-refractivity contribution is 0.409. The Morgan fingerprint density at radius 3 is 2.55 bits per heavy atom. The maximum Gasteiger partial charge on any atom is 0.215 e.